The van der Waals surface area contributed by atoms with Crippen molar-refractivity contribution < 1.29 is 41.7 Å². The van der Waals surface area contributed by atoms with E-state index in [-0.39, 0.29) is 22.1 Å². The van der Waals surface area contributed by atoms with Crippen LogP contribution in [-0.2, 0) is 19.6 Å². The molecule has 1 amide bonds. The molecule has 40 heavy (non-hydrogen) atoms. The Hall–Kier alpha value is -4.78. The van der Waals surface area contributed by atoms with Crippen LogP contribution in [0.5, 0.6) is 23.0 Å². The van der Waals surface area contributed by atoms with Crippen LogP contribution in [0.25, 0.3) is 0 Å². The predicted octanol–water partition coefficient (Wildman–Crippen LogP) is 2.85. The van der Waals surface area contributed by atoms with Crippen LogP contribution < -0.4 is 28.7 Å². The van der Waals surface area contributed by atoms with Gasteiger partial charge in [0.2, 0.25) is 0 Å². The Bertz CT molecular complexity index is 1490. The quantitative estimate of drug-likeness (QED) is 0.197. The maximum Gasteiger partial charge on any atom is 0.337 e. The number of carbonyl (C=O) groups excluding carboxylic acids is 2. The average molecular weight is 572 g/mol. The lowest BCUT2D eigenvalue weighted by molar-refractivity contribution is -0.119. The minimum atomic E-state index is -4.35. The lowest BCUT2D eigenvalue weighted by Crippen LogP contribution is -2.39. The number of rotatable bonds is 12. The normalized spacial score (nSPS) is 11.0. The van der Waals surface area contributed by atoms with Gasteiger partial charge in [-0.15, -0.1) is 0 Å². The molecule has 212 valence electrons. The van der Waals surface area contributed by atoms with Crippen molar-refractivity contribution in [3.63, 3.8) is 0 Å². The Morgan fingerprint density at radius 2 is 1.48 bits per heavy atom. The maximum atomic E-state index is 13.9. The Morgan fingerprint density at radius 3 is 2.08 bits per heavy atom. The van der Waals surface area contributed by atoms with Crippen LogP contribution in [-0.4, -0.2) is 68.6 Å². The zero-order chi connectivity index (χ0) is 29.3. The third kappa shape index (κ3) is 6.80. The molecule has 0 heterocycles. The molecule has 0 spiro atoms. The van der Waals surface area contributed by atoms with E-state index >= 15 is 0 Å². The summed E-state index contributed by atoms with van der Waals surface area (Å²) < 4.78 is 54.5. The van der Waals surface area contributed by atoms with Gasteiger partial charge in [-0.1, -0.05) is 12.1 Å². The van der Waals surface area contributed by atoms with Crippen molar-refractivity contribution in [3.8, 4) is 23.0 Å². The second kappa shape index (κ2) is 13.3. The Kier molecular flexibility index (Phi) is 9.92. The zero-order valence-corrected chi connectivity index (χ0v) is 23.4. The summed E-state index contributed by atoms with van der Waals surface area (Å²) in [5.41, 5.74) is 3.32. The van der Waals surface area contributed by atoms with Crippen LogP contribution in [0, 0.1) is 0 Å². The van der Waals surface area contributed by atoms with E-state index in [1.54, 1.807) is 30.3 Å². The molecule has 0 unspecified atom stereocenters. The van der Waals surface area contributed by atoms with Crippen LogP contribution in [0.15, 0.2) is 70.7 Å². The van der Waals surface area contributed by atoms with Crippen molar-refractivity contribution in [2.24, 2.45) is 5.10 Å². The number of benzene rings is 3. The molecule has 0 fully saturated rings. The largest absolute Gasteiger partial charge is 0.497 e. The molecular weight excluding hydrogens is 542 g/mol. The fraction of sp³-hybridized carbons (Fsp3) is 0.222. The maximum absolute atomic E-state index is 13.9. The first-order chi connectivity index (χ1) is 19.2. The van der Waals surface area contributed by atoms with E-state index in [1.165, 1.54) is 72.1 Å². The second-order valence-corrected chi connectivity index (χ2v) is 9.84. The highest BCUT2D eigenvalue weighted by Gasteiger charge is 2.31. The predicted molar refractivity (Wildman–Crippen MR) is 147 cm³/mol. The summed E-state index contributed by atoms with van der Waals surface area (Å²) in [6.45, 7) is -0.654. The van der Waals surface area contributed by atoms with E-state index < -0.39 is 28.4 Å². The van der Waals surface area contributed by atoms with Gasteiger partial charge in [0.15, 0.2) is 11.5 Å². The molecule has 3 aromatic carbocycles. The van der Waals surface area contributed by atoms with Gasteiger partial charge in [0.1, 0.15) is 18.0 Å². The van der Waals surface area contributed by atoms with Gasteiger partial charge < -0.3 is 23.7 Å². The van der Waals surface area contributed by atoms with Gasteiger partial charge in [0.05, 0.1) is 57.9 Å². The average Bonchev–Trinajstić information content (AvgIpc) is 2.98. The zero-order valence-electron chi connectivity index (χ0n) is 22.5. The SMILES string of the molecule is COC(=O)c1ccc(/C=N\NC(=O)CN(c2cc(OC)ccc2OC)S(=O)(=O)c2ccc(OC)c(OC)c2)cc1. The van der Waals surface area contributed by atoms with E-state index in [2.05, 4.69) is 15.3 Å². The smallest absolute Gasteiger partial charge is 0.337 e. The van der Waals surface area contributed by atoms with Crippen LogP contribution in [0.4, 0.5) is 5.69 Å². The van der Waals surface area contributed by atoms with E-state index in [0.717, 1.165) is 4.31 Å². The molecule has 0 atom stereocenters. The first-order valence-electron chi connectivity index (χ1n) is 11.7. The van der Waals surface area contributed by atoms with E-state index in [4.69, 9.17) is 18.9 Å². The highest BCUT2D eigenvalue weighted by atomic mass is 32.2. The number of anilines is 1. The minimum absolute atomic E-state index is 0.0640. The van der Waals surface area contributed by atoms with Crippen molar-refractivity contribution >= 4 is 33.8 Å². The summed E-state index contributed by atoms with van der Waals surface area (Å²) in [6.07, 6.45) is 1.35. The minimum Gasteiger partial charge on any atom is -0.497 e. The number of carbonyl (C=O) groups is 2. The molecule has 0 aliphatic carbocycles. The second-order valence-electron chi connectivity index (χ2n) is 7.97. The first kappa shape index (κ1) is 29.8. The monoisotopic (exact) mass is 571 g/mol. The molecule has 0 bridgehead atoms. The van der Waals surface area contributed by atoms with Crippen LogP contribution in [0.3, 0.4) is 0 Å². The molecule has 0 aliphatic heterocycles. The topological polar surface area (TPSA) is 142 Å². The van der Waals surface area contributed by atoms with Gasteiger partial charge in [-0.2, -0.15) is 5.10 Å². The number of hydrogen-bond acceptors (Lipinski definition) is 10. The van der Waals surface area contributed by atoms with Crippen LogP contribution in [0.2, 0.25) is 0 Å². The Balaban J connectivity index is 1.94. The Morgan fingerprint density at radius 1 is 0.825 bits per heavy atom. The lowest BCUT2D eigenvalue weighted by Gasteiger charge is -2.26. The number of hydrazone groups is 1. The molecule has 1 N–H and O–H groups in total. The van der Waals surface area contributed by atoms with Crippen molar-refractivity contribution in [1.82, 2.24) is 5.43 Å². The summed E-state index contributed by atoms with van der Waals surface area (Å²) in [4.78, 5) is 24.4. The van der Waals surface area contributed by atoms with Crippen LogP contribution in [0.1, 0.15) is 15.9 Å². The Labute approximate surface area is 232 Å². The van der Waals surface area contributed by atoms with Crippen LogP contribution >= 0.6 is 0 Å². The van der Waals surface area contributed by atoms with Crippen molar-refractivity contribution in [2.75, 3.05) is 46.4 Å². The summed E-state index contributed by atoms with van der Waals surface area (Å²) >= 11 is 0. The van der Waals surface area contributed by atoms with Crippen molar-refractivity contribution in [2.45, 2.75) is 4.90 Å². The molecule has 0 aromatic heterocycles. The fourth-order valence-corrected chi connectivity index (χ4v) is 5.00. The molecule has 0 saturated heterocycles. The number of nitrogens with zero attached hydrogens (tertiary/aromatic N) is 2. The number of amides is 1. The summed E-state index contributed by atoms with van der Waals surface area (Å²) in [6, 6.07) is 14.9. The van der Waals surface area contributed by atoms with Gasteiger partial charge in [-0.05, 0) is 42.0 Å². The molecule has 3 aromatic rings. The fourth-order valence-electron chi connectivity index (χ4n) is 3.56. The number of ether oxygens (including phenoxy) is 5. The highest BCUT2D eigenvalue weighted by Crippen LogP contribution is 2.37. The van der Waals surface area contributed by atoms with E-state index in [0.29, 0.717) is 22.6 Å². The molecule has 12 nitrogen and oxygen atoms in total. The number of sulfonamides is 1. The third-order valence-corrected chi connectivity index (χ3v) is 7.38. The van der Waals surface area contributed by atoms with Crippen molar-refractivity contribution in [3.05, 3.63) is 71.8 Å². The number of nitrogens with one attached hydrogen (secondary N) is 1. The molecule has 0 radical (unpaired) electrons. The van der Waals surface area contributed by atoms with E-state index in [1.807, 2.05) is 0 Å². The summed E-state index contributed by atoms with van der Waals surface area (Å²) in [5, 5.41) is 3.91. The van der Waals surface area contributed by atoms with Gasteiger partial charge in [-0.25, -0.2) is 18.6 Å². The highest BCUT2D eigenvalue weighted by molar-refractivity contribution is 7.92. The van der Waals surface area contributed by atoms with Crippen molar-refractivity contribution in [1.29, 1.82) is 0 Å². The van der Waals surface area contributed by atoms with E-state index in [9.17, 15) is 18.0 Å². The first-order valence-corrected chi connectivity index (χ1v) is 13.1. The molecule has 3 rings (SSSR count). The molecule has 0 saturated carbocycles. The molecule has 13 heteroatoms. The van der Waals surface area contributed by atoms with Gasteiger partial charge in [0, 0.05) is 12.1 Å². The summed E-state index contributed by atoms with van der Waals surface area (Å²) in [7, 11) is 2.54. The molecule has 0 aliphatic rings. The number of hydrogen-bond donors (Lipinski definition) is 1. The standard InChI is InChI=1S/C27H29N3O9S/c1-35-20-10-12-23(36-2)22(14-20)30(40(33,34)21-11-13-24(37-3)25(15-21)38-4)17-26(31)29-28-16-18-6-8-19(9-7-18)27(32)39-5/h6-16H,17H2,1-5H3,(H,29,31)/b28-16-. The van der Waals surface area contributed by atoms with Gasteiger partial charge in [0.25, 0.3) is 15.9 Å². The number of methoxy groups -OCH3 is 5. The lowest BCUT2D eigenvalue weighted by atomic mass is 10.1. The summed E-state index contributed by atoms with van der Waals surface area (Å²) in [5.74, 6) is -0.173. The van der Waals surface area contributed by atoms with Gasteiger partial charge >= 0.3 is 5.97 Å². The number of esters is 1. The molecular formula is C27H29N3O9S. The third-order valence-electron chi connectivity index (χ3n) is 5.62. The van der Waals surface area contributed by atoms with Gasteiger partial charge in [-0.3, -0.25) is 9.10 Å².